The van der Waals surface area contributed by atoms with Gasteiger partial charge >= 0.3 is 6.18 Å². The number of aryl methyl sites for hydroxylation is 1. The quantitative estimate of drug-likeness (QED) is 0.832. The average Bonchev–Trinajstić information content (AvgIpc) is 2.85. The number of alkyl halides is 3. The lowest BCUT2D eigenvalue weighted by molar-refractivity contribution is -0.297. The summed E-state index contributed by atoms with van der Waals surface area (Å²) in [5.74, 6) is -1.13. The highest BCUT2D eigenvalue weighted by molar-refractivity contribution is 9.10. The molecule has 0 bridgehead atoms. The lowest BCUT2D eigenvalue weighted by atomic mass is 10.1. The molecular weight excluding hydrogens is 345 g/mol. The second-order valence-corrected chi connectivity index (χ2v) is 5.10. The van der Waals surface area contributed by atoms with Crippen molar-refractivity contribution in [2.45, 2.75) is 25.2 Å². The zero-order valence-corrected chi connectivity index (χ0v) is 12.0. The largest absolute Gasteiger partial charge is 0.438 e. The predicted molar refractivity (Wildman–Crippen MR) is 65.9 cm³/mol. The summed E-state index contributed by atoms with van der Waals surface area (Å²) in [6.07, 6.45) is -4.99. The van der Waals surface area contributed by atoms with E-state index in [1.807, 2.05) is 0 Å². The van der Waals surface area contributed by atoms with Crippen LogP contribution >= 0.6 is 15.9 Å². The molecule has 0 aromatic carbocycles. The van der Waals surface area contributed by atoms with Gasteiger partial charge in [0, 0.05) is 19.7 Å². The summed E-state index contributed by atoms with van der Waals surface area (Å²) in [7, 11) is 1.54. The van der Waals surface area contributed by atoms with E-state index in [0.29, 0.717) is 5.69 Å². The van der Waals surface area contributed by atoms with Gasteiger partial charge in [0.05, 0.1) is 10.2 Å². The molecular formula is C10H10BrF3N4O2. The third kappa shape index (κ3) is 2.03. The number of hydrogen-bond donors (Lipinski definition) is 1. The number of halogens is 4. The molecule has 0 radical (unpaired) electrons. The summed E-state index contributed by atoms with van der Waals surface area (Å²) in [4.78, 5) is 12.1. The van der Waals surface area contributed by atoms with E-state index in [4.69, 9.17) is 0 Å². The molecule has 2 heterocycles. The Labute approximate surface area is 120 Å². The van der Waals surface area contributed by atoms with Gasteiger partial charge in [-0.25, -0.2) is 0 Å². The Morgan fingerprint density at radius 2 is 2.15 bits per heavy atom. The SMILES string of the molecule is Cc1c(Br)c(C(=O)N2N=CCC2(O)C(F)(F)F)nn1C. The number of rotatable bonds is 1. The van der Waals surface area contributed by atoms with E-state index in [0.717, 1.165) is 6.21 Å². The molecule has 0 saturated heterocycles. The maximum Gasteiger partial charge on any atom is 0.438 e. The van der Waals surface area contributed by atoms with Crippen LogP contribution < -0.4 is 0 Å². The van der Waals surface area contributed by atoms with Gasteiger partial charge in [-0.15, -0.1) is 0 Å². The first kappa shape index (κ1) is 15.0. The molecule has 110 valence electrons. The Kier molecular flexibility index (Phi) is 3.41. The van der Waals surface area contributed by atoms with Crippen LogP contribution in [0.3, 0.4) is 0 Å². The van der Waals surface area contributed by atoms with Gasteiger partial charge in [0.1, 0.15) is 0 Å². The Morgan fingerprint density at radius 3 is 2.60 bits per heavy atom. The highest BCUT2D eigenvalue weighted by atomic mass is 79.9. The van der Waals surface area contributed by atoms with E-state index in [9.17, 15) is 23.1 Å². The van der Waals surface area contributed by atoms with Crippen LogP contribution in [0, 0.1) is 6.92 Å². The van der Waals surface area contributed by atoms with Crippen LogP contribution in [0.15, 0.2) is 9.57 Å². The summed E-state index contributed by atoms with van der Waals surface area (Å²) in [5.41, 5.74) is -3.02. The molecule has 2 rings (SSSR count). The molecule has 10 heteroatoms. The topological polar surface area (TPSA) is 70.7 Å². The lowest BCUT2D eigenvalue weighted by Gasteiger charge is -2.32. The van der Waals surface area contributed by atoms with E-state index < -0.39 is 24.2 Å². The molecule has 1 N–H and O–H groups in total. The maximum atomic E-state index is 12.9. The first-order valence-corrected chi connectivity index (χ1v) is 6.24. The minimum absolute atomic E-state index is 0.0134. The van der Waals surface area contributed by atoms with Crippen molar-refractivity contribution in [3.05, 3.63) is 15.9 Å². The zero-order valence-electron chi connectivity index (χ0n) is 10.4. The van der Waals surface area contributed by atoms with Crippen molar-refractivity contribution in [2.75, 3.05) is 0 Å². The predicted octanol–water partition coefficient (Wildman–Crippen LogP) is 1.57. The van der Waals surface area contributed by atoms with Gasteiger partial charge in [0.2, 0.25) is 0 Å². The Balaban J connectivity index is 2.43. The summed E-state index contributed by atoms with van der Waals surface area (Å²) in [6, 6.07) is 0. The van der Waals surface area contributed by atoms with Crippen LogP contribution in [0.1, 0.15) is 22.6 Å². The van der Waals surface area contributed by atoms with Crippen LogP contribution in [0.2, 0.25) is 0 Å². The molecule has 0 aliphatic carbocycles. The van der Waals surface area contributed by atoms with Crippen molar-refractivity contribution in [1.29, 1.82) is 0 Å². The number of hydrogen-bond acceptors (Lipinski definition) is 4. The van der Waals surface area contributed by atoms with Crippen LogP contribution in [0.25, 0.3) is 0 Å². The normalized spacial score (nSPS) is 22.6. The van der Waals surface area contributed by atoms with Gasteiger partial charge in [-0.1, -0.05) is 0 Å². The summed E-state index contributed by atoms with van der Waals surface area (Å²) >= 11 is 3.09. The fourth-order valence-electron chi connectivity index (χ4n) is 1.71. The van der Waals surface area contributed by atoms with Gasteiger partial charge in [0.15, 0.2) is 5.69 Å². The third-order valence-corrected chi connectivity index (χ3v) is 3.98. The van der Waals surface area contributed by atoms with Gasteiger partial charge in [-0.2, -0.15) is 28.4 Å². The van der Waals surface area contributed by atoms with Crippen LogP contribution in [-0.4, -0.2) is 43.9 Å². The number of aromatic nitrogens is 2. The molecule has 0 fully saturated rings. The smallest absolute Gasteiger partial charge is 0.362 e. The standard InChI is InChI=1S/C10H10BrF3N4O2/c1-5-6(11)7(16-17(5)2)8(19)18-9(20,3-4-15-18)10(12,13)14/h4,20H,3H2,1-2H3. The molecule has 1 amide bonds. The first-order chi connectivity index (χ1) is 9.09. The van der Waals surface area contributed by atoms with Crippen molar-refractivity contribution in [3.63, 3.8) is 0 Å². The Bertz CT molecular complexity index is 598. The molecule has 1 atom stereocenters. The van der Waals surface area contributed by atoms with Gasteiger partial charge < -0.3 is 5.11 Å². The minimum Gasteiger partial charge on any atom is -0.362 e. The van der Waals surface area contributed by atoms with Crippen molar-refractivity contribution < 1.29 is 23.1 Å². The number of nitrogens with zero attached hydrogens (tertiary/aromatic N) is 4. The molecule has 1 aromatic heterocycles. The van der Waals surface area contributed by atoms with E-state index in [-0.39, 0.29) is 15.2 Å². The van der Waals surface area contributed by atoms with Crippen LogP contribution in [-0.2, 0) is 7.05 Å². The first-order valence-electron chi connectivity index (χ1n) is 5.45. The van der Waals surface area contributed by atoms with Crippen molar-refractivity contribution in [3.8, 4) is 0 Å². The number of aliphatic hydroxyl groups is 1. The summed E-state index contributed by atoms with van der Waals surface area (Å²) in [5, 5.41) is 16.9. The number of hydrazone groups is 1. The minimum atomic E-state index is -5.02. The highest BCUT2D eigenvalue weighted by Gasteiger charge is 2.62. The number of carbonyl (C=O) groups is 1. The molecule has 1 aliphatic heterocycles. The fraction of sp³-hybridized carbons (Fsp3) is 0.500. The average molecular weight is 355 g/mol. The van der Waals surface area contributed by atoms with Crippen molar-refractivity contribution >= 4 is 28.1 Å². The molecule has 1 aromatic rings. The van der Waals surface area contributed by atoms with E-state index in [2.05, 4.69) is 26.1 Å². The number of amides is 1. The lowest BCUT2D eigenvalue weighted by Crippen LogP contribution is -2.56. The van der Waals surface area contributed by atoms with Crippen LogP contribution in [0.4, 0.5) is 13.2 Å². The fourth-order valence-corrected chi connectivity index (χ4v) is 2.21. The summed E-state index contributed by atoms with van der Waals surface area (Å²) < 4.78 is 40.3. The Hall–Kier alpha value is -1.42. The molecule has 1 aliphatic rings. The second-order valence-electron chi connectivity index (χ2n) is 4.31. The molecule has 20 heavy (non-hydrogen) atoms. The molecule has 6 nitrogen and oxygen atoms in total. The second kappa shape index (κ2) is 4.55. The number of carbonyl (C=O) groups excluding carboxylic acids is 1. The zero-order chi connectivity index (χ0) is 15.3. The van der Waals surface area contributed by atoms with Crippen LogP contribution in [0.5, 0.6) is 0 Å². The molecule has 1 unspecified atom stereocenters. The monoisotopic (exact) mass is 354 g/mol. The molecule has 0 saturated carbocycles. The van der Waals surface area contributed by atoms with E-state index in [1.54, 1.807) is 14.0 Å². The van der Waals surface area contributed by atoms with Gasteiger partial charge in [-0.3, -0.25) is 9.48 Å². The van der Waals surface area contributed by atoms with E-state index >= 15 is 0 Å². The Morgan fingerprint density at radius 1 is 1.55 bits per heavy atom. The van der Waals surface area contributed by atoms with E-state index in [1.165, 1.54) is 4.68 Å². The highest BCUT2D eigenvalue weighted by Crippen LogP contribution is 2.39. The maximum absolute atomic E-state index is 12.9. The van der Waals surface area contributed by atoms with Gasteiger partial charge in [0.25, 0.3) is 11.6 Å². The molecule has 0 spiro atoms. The van der Waals surface area contributed by atoms with Gasteiger partial charge in [-0.05, 0) is 22.9 Å². The van der Waals surface area contributed by atoms with Crippen molar-refractivity contribution in [2.24, 2.45) is 12.1 Å². The third-order valence-electron chi connectivity index (χ3n) is 3.03. The summed E-state index contributed by atoms with van der Waals surface area (Å²) in [6.45, 7) is 1.64. The van der Waals surface area contributed by atoms with Crippen molar-refractivity contribution in [1.82, 2.24) is 14.8 Å².